The zero-order chi connectivity index (χ0) is 13.1. The van der Waals surface area contributed by atoms with Gasteiger partial charge in [-0.2, -0.15) is 0 Å². The Morgan fingerprint density at radius 2 is 2.28 bits per heavy atom. The highest BCUT2D eigenvalue weighted by Crippen LogP contribution is 2.23. The molecular formula is C13H14N2O2S. The smallest absolute Gasteiger partial charge is 0.169 e. The summed E-state index contributed by atoms with van der Waals surface area (Å²) in [5.41, 5.74) is 6.83. The van der Waals surface area contributed by atoms with E-state index in [-0.39, 0.29) is 5.78 Å². The normalized spacial score (nSPS) is 10.3. The number of aromatic nitrogens is 1. The van der Waals surface area contributed by atoms with Crippen LogP contribution >= 0.6 is 11.3 Å². The van der Waals surface area contributed by atoms with E-state index in [1.54, 1.807) is 31.5 Å². The van der Waals surface area contributed by atoms with Gasteiger partial charge in [0.1, 0.15) is 10.8 Å². The number of hydrogen-bond acceptors (Lipinski definition) is 5. The minimum Gasteiger partial charge on any atom is -0.495 e. The average molecular weight is 262 g/mol. The lowest BCUT2D eigenvalue weighted by Crippen LogP contribution is -2.04. The number of nitrogens with two attached hydrogens (primary N) is 1. The van der Waals surface area contributed by atoms with E-state index in [9.17, 15) is 4.79 Å². The summed E-state index contributed by atoms with van der Waals surface area (Å²) in [6.45, 7) is 1.97. The molecule has 4 nitrogen and oxygen atoms in total. The van der Waals surface area contributed by atoms with E-state index in [0.717, 1.165) is 9.88 Å². The van der Waals surface area contributed by atoms with Gasteiger partial charge in [-0.1, -0.05) is 0 Å². The van der Waals surface area contributed by atoms with Crippen LogP contribution in [0.5, 0.6) is 5.75 Å². The van der Waals surface area contributed by atoms with E-state index < -0.39 is 0 Å². The zero-order valence-electron chi connectivity index (χ0n) is 10.3. The summed E-state index contributed by atoms with van der Waals surface area (Å²) in [6, 6.07) is 5.06. The molecule has 0 fully saturated rings. The van der Waals surface area contributed by atoms with Crippen molar-refractivity contribution >= 4 is 22.8 Å². The summed E-state index contributed by atoms with van der Waals surface area (Å²) < 4.78 is 5.05. The molecular weight excluding hydrogens is 248 g/mol. The second-order valence-electron chi connectivity index (χ2n) is 3.92. The molecule has 2 aromatic rings. The van der Waals surface area contributed by atoms with Gasteiger partial charge < -0.3 is 10.5 Å². The van der Waals surface area contributed by atoms with Gasteiger partial charge in [0.15, 0.2) is 5.78 Å². The molecule has 0 aliphatic rings. The predicted octanol–water partition coefficient (Wildman–Crippen LogP) is 2.47. The van der Waals surface area contributed by atoms with Crippen LogP contribution in [-0.2, 0) is 6.42 Å². The number of thiazole rings is 1. The summed E-state index contributed by atoms with van der Waals surface area (Å²) >= 11 is 1.53. The number of hydrogen-bond donors (Lipinski definition) is 1. The van der Waals surface area contributed by atoms with Gasteiger partial charge in [0.25, 0.3) is 0 Å². The van der Waals surface area contributed by atoms with Crippen molar-refractivity contribution in [3.63, 3.8) is 0 Å². The van der Waals surface area contributed by atoms with Gasteiger partial charge in [0.2, 0.25) is 0 Å². The van der Waals surface area contributed by atoms with Crippen LogP contribution in [0.1, 0.15) is 20.2 Å². The van der Waals surface area contributed by atoms with E-state index in [1.165, 1.54) is 11.3 Å². The van der Waals surface area contributed by atoms with Crippen molar-refractivity contribution in [2.24, 2.45) is 0 Å². The number of anilines is 1. The lowest BCUT2D eigenvalue weighted by molar-refractivity contribution is 0.0993. The Balaban J connectivity index is 2.16. The van der Waals surface area contributed by atoms with Crippen LogP contribution < -0.4 is 10.5 Å². The van der Waals surface area contributed by atoms with Gasteiger partial charge in [0.05, 0.1) is 19.2 Å². The average Bonchev–Trinajstić information content (AvgIpc) is 2.74. The van der Waals surface area contributed by atoms with Crippen LogP contribution in [-0.4, -0.2) is 17.9 Å². The summed E-state index contributed by atoms with van der Waals surface area (Å²) in [5.74, 6) is 0.593. The van der Waals surface area contributed by atoms with E-state index in [2.05, 4.69) is 4.98 Å². The maximum Gasteiger partial charge on any atom is 0.169 e. The summed E-state index contributed by atoms with van der Waals surface area (Å²) in [7, 11) is 1.55. The van der Waals surface area contributed by atoms with E-state index in [1.807, 2.05) is 6.92 Å². The van der Waals surface area contributed by atoms with Crippen LogP contribution in [0.2, 0.25) is 0 Å². The zero-order valence-corrected chi connectivity index (χ0v) is 11.1. The Morgan fingerprint density at radius 1 is 1.50 bits per heavy atom. The fraction of sp³-hybridized carbons (Fsp3) is 0.231. The molecule has 0 bridgehead atoms. The molecule has 0 saturated heterocycles. The molecule has 5 heteroatoms. The lowest BCUT2D eigenvalue weighted by atomic mass is 10.1. The second kappa shape index (κ2) is 5.18. The van der Waals surface area contributed by atoms with Crippen LogP contribution in [0.25, 0.3) is 0 Å². The highest BCUT2D eigenvalue weighted by molar-refractivity contribution is 7.11. The third-order valence-electron chi connectivity index (χ3n) is 2.53. The van der Waals surface area contributed by atoms with Crippen molar-refractivity contribution in [3.8, 4) is 5.75 Å². The summed E-state index contributed by atoms with van der Waals surface area (Å²) in [4.78, 5) is 17.3. The number of aryl methyl sites for hydroxylation is 1. The Labute approximate surface area is 109 Å². The van der Waals surface area contributed by atoms with E-state index in [0.29, 0.717) is 23.4 Å². The number of carbonyl (C=O) groups excluding carboxylic acids is 1. The lowest BCUT2D eigenvalue weighted by Gasteiger charge is -2.05. The maximum absolute atomic E-state index is 12.0. The van der Waals surface area contributed by atoms with Crippen molar-refractivity contribution in [3.05, 3.63) is 39.8 Å². The Hall–Kier alpha value is -1.88. The van der Waals surface area contributed by atoms with Crippen molar-refractivity contribution in [2.45, 2.75) is 13.3 Å². The molecule has 1 aromatic heterocycles. The molecule has 0 aliphatic heterocycles. The van der Waals surface area contributed by atoms with Gasteiger partial charge in [-0.05, 0) is 25.1 Å². The first-order valence-corrected chi connectivity index (χ1v) is 6.30. The number of benzene rings is 1. The van der Waals surface area contributed by atoms with Crippen molar-refractivity contribution in [1.29, 1.82) is 0 Å². The van der Waals surface area contributed by atoms with Gasteiger partial charge in [0, 0.05) is 16.6 Å². The van der Waals surface area contributed by atoms with E-state index >= 15 is 0 Å². The maximum atomic E-state index is 12.0. The van der Waals surface area contributed by atoms with Crippen molar-refractivity contribution in [1.82, 2.24) is 4.98 Å². The Kier molecular flexibility index (Phi) is 3.62. The third-order valence-corrected chi connectivity index (χ3v) is 3.45. The Bertz CT molecular complexity index is 578. The molecule has 0 aliphatic carbocycles. The molecule has 0 spiro atoms. The SMILES string of the molecule is COc1ccc(C(=O)Cc2ncc(C)s2)cc1N. The number of rotatable bonds is 4. The molecule has 0 amide bonds. The Morgan fingerprint density at radius 3 is 2.83 bits per heavy atom. The van der Waals surface area contributed by atoms with Crippen molar-refractivity contribution < 1.29 is 9.53 Å². The first-order chi connectivity index (χ1) is 8.60. The summed E-state index contributed by atoms with van der Waals surface area (Å²) in [6.07, 6.45) is 2.08. The highest BCUT2D eigenvalue weighted by Gasteiger charge is 2.11. The standard InChI is InChI=1S/C13H14N2O2S/c1-8-7-15-13(18-8)6-11(16)9-3-4-12(17-2)10(14)5-9/h3-5,7H,6,14H2,1-2H3. The fourth-order valence-electron chi connectivity index (χ4n) is 1.63. The van der Waals surface area contributed by atoms with Crippen LogP contribution in [0.4, 0.5) is 5.69 Å². The minimum absolute atomic E-state index is 0.0127. The minimum atomic E-state index is 0.0127. The quantitative estimate of drug-likeness (QED) is 0.679. The number of nitrogens with zero attached hydrogens (tertiary/aromatic N) is 1. The molecule has 1 heterocycles. The number of carbonyl (C=O) groups is 1. The van der Waals surface area contributed by atoms with Gasteiger partial charge in [-0.3, -0.25) is 4.79 Å². The topological polar surface area (TPSA) is 65.2 Å². The monoisotopic (exact) mass is 262 g/mol. The van der Waals surface area contributed by atoms with Gasteiger partial charge in [-0.15, -0.1) is 11.3 Å². The second-order valence-corrected chi connectivity index (χ2v) is 5.24. The predicted molar refractivity (Wildman–Crippen MR) is 72.3 cm³/mol. The van der Waals surface area contributed by atoms with Crippen LogP contribution in [0, 0.1) is 6.92 Å². The largest absolute Gasteiger partial charge is 0.495 e. The van der Waals surface area contributed by atoms with E-state index in [4.69, 9.17) is 10.5 Å². The molecule has 94 valence electrons. The third kappa shape index (κ3) is 2.68. The first-order valence-electron chi connectivity index (χ1n) is 5.48. The number of Topliss-reactive ketones (excluding diaryl/α,β-unsaturated/α-hetero) is 1. The molecule has 0 saturated carbocycles. The van der Waals surface area contributed by atoms with Crippen molar-refractivity contribution in [2.75, 3.05) is 12.8 Å². The molecule has 1 aromatic carbocycles. The fourth-order valence-corrected chi connectivity index (χ4v) is 2.42. The number of methoxy groups -OCH3 is 1. The molecule has 18 heavy (non-hydrogen) atoms. The first kappa shape index (κ1) is 12.6. The molecule has 2 rings (SSSR count). The molecule has 0 unspecified atom stereocenters. The van der Waals surface area contributed by atoms with Crippen LogP contribution in [0.15, 0.2) is 24.4 Å². The number of ether oxygens (including phenoxy) is 1. The summed E-state index contributed by atoms with van der Waals surface area (Å²) in [5, 5.41) is 0.826. The number of nitrogen functional groups attached to an aromatic ring is 1. The highest BCUT2D eigenvalue weighted by atomic mass is 32.1. The van der Waals surface area contributed by atoms with Gasteiger partial charge >= 0.3 is 0 Å². The number of ketones is 1. The van der Waals surface area contributed by atoms with Gasteiger partial charge in [-0.25, -0.2) is 4.98 Å². The molecule has 0 radical (unpaired) electrons. The molecule has 0 atom stereocenters. The van der Waals surface area contributed by atoms with Crippen LogP contribution in [0.3, 0.4) is 0 Å². The molecule has 2 N–H and O–H groups in total.